The summed E-state index contributed by atoms with van der Waals surface area (Å²) >= 11 is 1.78. The van der Waals surface area contributed by atoms with Gasteiger partial charge < -0.3 is 20.3 Å². The molecule has 1 aromatic heterocycles. The standard InChI is InChI=1S/C22H33N5OS/c1-5-23-22(24-12-11-21-16(2)25-17(3)29-21)26-18-8-7-13-27(15-18)19-9-6-10-20(14-19)28-4/h6,9-10,14,18H,5,7-8,11-13,15H2,1-4H3,(H2,23,24,26). The molecule has 1 atom stereocenters. The number of aliphatic imine (C=N–C) groups is 1. The average Bonchev–Trinajstić information content (AvgIpc) is 3.05. The molecule has 2 N–H and O–H groups in total. The molecule has 1 fully saturated rings. The SMILES string of the molecule is CCNC(=NCCc1sc(C)nc1C)NC1CCCN(c2cccc(OC)c2)C1. The molecule has 0 spiro atoms. The van der Waals surface area contributed by atoms with E-state index in [4.69, 9.17) is 9.73 Å². The van der Waals surface area contributed by atoms with Crippen LogP contribution in [0.1, 0.15) is 35.3 Å². The summed E-state index contributed by atoms with van der Waals surface area (Å²) in [5.74, 6) is 1.81. The van der Waals surface area contributed by atoms with Gasteiger partial charge >= 0.3 is 0 Å². The van der Waals surface area contributed by atoms with Gasteiger partial charge in [0.1, 0.15) is 5.75 Å². The smallest absolute Gasteiger partial charge is 0.191 e. The molecule has 0 aliphatic carbocycles. The van der Waals surface area contributed by atoms with E-state index >= 15 is 0 Å². The van der Waals surface area contributed by atoms with Gasteiger partial charge in [-0.1, -0.05) is 6.07 Å². The second-order valence-electron chi connectivity index (χ2n) is 7.38. The van der Waals surface area contributed by atoms with Gasteiger partial charge in [0.2, 0.25) is 0 Å². The molecule has 6 nitrogen and oxygen atoms in total. The Labute approximate surface area is 178 Å². The maximum atomic E-state index is 5.38. The van der Waals surface area contributed by atoms with Crippen LogP contribution in [0, 0.1) is 13.8 Å². The minimum absolute atomic E-state index is 0.375. The Bertz CT molecular complexity index is 819. The zero-order valence-corrected chi connectivity index (χ0v) is 18.8. The first kappa shape index (κ1) is 21.4. The molecule has 0 saturated carbocycles. The highest BCUT2D eigenvalue weighted by atomic mass is 32.1. The molecular weight excluding hydrogens is 382 g/mol. The molecule has 0 bridgehead atoms. The number of guanidine groups is 1. The van der Waals surface area contributed by atoms with Crippen LogP contribution < -0.4 is 20.3 Å². The Hall–Kier alpha value is -2.28. The number of methoxy groups -OCH3 is 1. The molecule has 158 valence electrons. The molecular formula is C22H33N5OS. The first-order chi connectivity index (χ1) is 14.1. The quantitative estimate of drug-likeness (QED) is 0.535. The Morgan fingerprint density at radius 2 is 2.24 bits per heavy atom. The molecule has 7 heteroatoms. The number of ether oxygens (including phenoxy) is 1. The number of aryl methyl sites for hydroxylation is 2. The molecule has 2 heterocycles. The molecule has 1 aliphatic rings. The van der Waals surface area contributed by atoms with Gasteiger partial charge in [-0.3, -0.25) is 4.99 Å². The lowest BCUT2D eigenvalue weighted by Crippen LogP contribution is -2.51. The minimum Gasteiger partial charge on any atom is -0.497 e. The van der Waals surface area contributed by atoms with Crippen LogP contribution in [0.2, 0.25) is 0 Å². The zero-order chi connectivity index (χ0) is 20.6. The lowest BCUT2D eigenvalue weighted by atomic mass is 10.0. The molecule has 0 radical (unpaired) electrons. The lowest BCUT2D eigenvalue weighted by Gasteiger charge is -2.35. The fraction of sp³-hybridized carbons (Fsp3) is 0.545. The summed E-state index contributed by atoms with van der Waals surface area (Å²) in [6.45, 7) is 9.92. The highest BCUT2D eigenvalue weighted by Gasteiger charge is 2.21. The number of aromatic nitrogens is 1. The minimum atomic E-state index is 0.375. The Kier molecular flexibility index (Phi) is 7.75. The van der Waals surface area contributed by atoms with E-state index in [9.17, 15) is 0 Å². The molecule has 1 saturated heterocycles. The predicted molar refractivity (Wildman–Crippen MR) is 123 cm³/mol. The van der Waals surface area contributed by atoms with E-state index in [1.807, 2.05) is 6.07 Å². The van der Waals surface area contributed by atoms with E-state index in [1.165, 1.54) is 10.6 Å². The van der Waals surface area contributed by atoms with Crippen molar-refractivity contribution in [3.8, 4) is 5.75 Å². The maximum Gasteiger partial charge on any atom is 0.191 e. The highest BCUT2D eigenvalue weighted by Crippen LogP contribution is 2.24. The number of anilines is 1. The van der Waals surface area contributed by atoms with Crippen LogP contribution in [0.5, 0.6) is 5.75 Å². The van der Waals surface area contributed by atoms with Crippen LogP contribution >= 0.6 is 11.3 Å². The Balaban J connectivity index is 1.59. The van der Waals surface area contributed by atoms with Crippen molar-refractivity contribution >= 4 is 23.0 Å². The van der Waals surface area contributed by atoms with Gasteiger partial charge in [0.25, 0.3) is 0 Å². The third kappa shape index (κ3) is 6.10. The van der Waals surface area contributed by atoms with Crippen molar-refractivity contribution in [2.24, 2.45) is 4.99 Å². The van der Waals surface area contributed by atoms with Crippen LogP contribution in [-0.4, -0.2) is 50.3 Å². The summed E-state index contributed by atoms with van der Waals surface area (Å²) in [7, 11) is 1.72. The van der Waals surface area contributed by atoms with Crippen LogP contribution in [0.25, 0.3) is 0 Å². The van der Waals surface area contributed by atoms with Gasteiger partial charge in [-0.15, -0.1) is 11.3 Å². The van der Waals surface area contributed by atoms with Crippen LogP contribution in [0.3, 0.4) is 0 Å². The van der Waals surface area contributed by atoms with E-state index in [0.717, 1.165) is 67.9 Å². The van der Waals surface area contributed by atoms with Gasteiger partial charge in [0, 0.05) is 55.3 Å². The fourth-order valence-electron chi connectivity index (χ4n) is 3.72. The molecule has 1 unspecified atom stereocenters. The van der Waals surface area contributed by atoms with E-state index in [1.54, 1.807) is 18.4 Å². The first-order valence-electron chi connectivity index (χ1n) is 10.5. The highest BCUT2D eigenvalue weighted by molar-refractivity contribution is 7.11. The van der Waals surface area contributed by atoms with Crippen molar-refractivity contribution < 1.29 is 4.74 Å². The van der Waals surface area contributed by atoms with Gasteiger partial charge in [-0.25, -0.2) is 4.98 Å². The lowest BCUT2D eigenvalue weighted by molar-refractivity contribution is 0.414. The number of hydrogen-bond acceptors (Lipinski definition) is 5. The van der Waals surface area contributed by atoms with Crippen molar-refractivity contribution in [3.05, 3.63) is 39.8 Å². The summed E-state index contributed by atoms with van der Waals surface area (Å²) < 4.78 is 5.38. The van der Waals surface area contributed by atoms with E-state index < -0.39 is 0 Å². The molecule has 0 amide bonds. The van der Waals surface area contributed by atoms with Crippen molar-refractivity contribution in [1.82, 2.24) is 15.6 Å². The molecule has 2 aromatic rings. The Morgan fingerprint density at radius 3 is 2.97 bits per heavy atom. The number of piperidine rings is 1. The van der Waals surface area contributed by atoms with E-state index in [0.29, 0.717) is 6.04 Å². The van der Waals surface area contributed by atoms with Crippen LogP contribution in [-0.2, 0) is 6.42 Å². The van der Waals surface area contributed by atoms with E-state index in [2.05, 4.69) is 59.5 Å². The average molecular weight is 416 g/mol. The molecule has 1 aliphatic heterocycles. The summed E-state index contributed by atoms with van der Waals surface area (Å²) in [6.07, 6.45) is 3.25. The number of rotatable bonds is 7. The number of thiazole rings is 1. The predicted octanol–water partition coefficient (Wildman–Crippen LogP) is 3.54. The Morgan fingerprint density at radius 1 is 1.38 bits per heavy atom. The summed E-state index contributed by atoms with van der Waals surface area (Å²) in [6, 6.07) is 8.69. The number of nitrogens with one attached hydrogen (secondary N) is 2. The summed E-state index contributed by atoms with van der Waals surface area (Å²) in [4.78, 5) is 13.1. The topological polar surface area (TPSA) is 61.8 Å². The van der Waals surface area contributed by atoms with Crippen molar-refractivity contribution in [2.75, 3.05) is 38.2 Å². The fourth-order valence-corrected chi connectivity index (χ4v) is 4.65. The number of nitrogens with zero attached hydrogens (tertiary/aromatic N) is 3. The van der Waals surface area contributed by atoms with Gasteiger partial charge in [0.05, 0.1) is 17.8 Å². The van der Waals surface area contributed by atoms with Crippen molar-refractivity contribution in [2.45, 2.75) is 46.1 Å². The van der Waals surface area contributed by atoms with Crippen LogP contribution in [0.15, 0.2) is 29.3 Å². The van der Waals surface area contributed by atoms with Crippen molar-refractivity contribution in [1.29, 1.82) is 0 Å². The van der Waals surface area contributed by atoms with Gasteiger partial charge in [-0.05, 0) is 45.7 Å². The summed E-state index contributed by atoms with van der Waals surface area (Å²) in [5.41, 5.74) is 2.36. The maximum absolute atomic E-state index is 5.38. The third-order valence-corrected chi connectivity index (χ3v) is 6.27. The second-order valence-corrected chi connectivity index (χ2v) is 8.67. The third-order valence-electron chi connectivity index (χ3n) is 5.13. The molecule has 1 aromatic carbocycles. The number of hydrogen-bond donors (Lipinski definition) is 2. The second kappa shape index (κ2) is 10.5. The zero-order valence-electron chi connectivity index (χ0n) is 18.0. The van der Waals surface area contributed by atoms with Crippen molar-refractivity contribution in [3.63, 3.8) is 0 Å². The first-order valence-corrected chi connectivity index (χ1v) is 11.3. The normalized spacial score (nSPS) is 17.3. The summed E-state index contributed by atoms with van der Waals surface area (Å²) in [5, 5.41) is 8.17. The van der Waals surface area contributed by atoms with Gasteiger partial charge in [0.15, 0.2) is 5.96 Å². The largest absolute Gasteiger partial charge is 0.497 e. The van der Waals surface area contributed by atoms with E-state index in [-0.39, 0.29) is 0 Å². The van der Waals surface area contributed by atoms with Gasteiger partial charge in [-0.2, -0.15) is 0 Å². The molecule has 29 heavy (non-hydrogen) atoms. The number of benzene rings is 1. The monoisotopic (exact) mass is 415 g/mol. The molecule has 3 rings (SSSR count). The van der Waals surface area contributed by atoms with Crippen LogP contribution in [0.4, 0.5) is 5.69 Å².